The van der Waals surface area contributed by atoms with Gasteiger partial charge < -0.3 is 14.6 Å². The molecule has 2 heterocycles. The van der Waals surface area contributed by atoms with Crippen molar-refractivity contribution in [1.29, 1.82) is 0 Å². The fourth-order valence-electron chi connectivity index (χ4n) is 5.26. The minimum absolute atomic E-state index is 0.117. The van der Waals surface area contributed by atoms with Gasteiger partial charge in [-0.1, -0.05) is 59.7 Å². The normalized spacial score (nSPS) is 21.3. The van der Waals surface area contributed by atoms with Crippen LogP contribution < -0.4 is 5.32 Å². The molecule has 1 N–H and O–H groups in total. The van der Waals surface area contributed by atoms with Gasteiger partial charge in [-0.05, 0) is 61.4 Å². The number of piperidine rings is 1. The van der Waals surface area contributed by atoms with Crippen molar-refractivity contribution in [2.45, 2.75) is 26.3 Å². The number of para-hydroxylation sites is 2. The highest BCUT2D eigenvalue weighted by molar-refractivity contribution is 6.01. The molecule has 1 amide bonds. The maximum Gasteiger partial charge on any atom is 0.295 e. The van der Waals surface area contributed by atoms with Gasteiger partial charge in [-0.3, -0.25) is 4.79 Å². The van der Waals surface area contributed by atoms with Gasteiger partial charge in [-0.15, -0.1) is 0 Å². The molecule has 3 unspecified atom stereocenters. The predicted molar refractivity (Wildman–Crippen MR) is 130 cm³/mol. The van der Waals surface area contributed by atoms with E-state index in [9.17, 15) is 4.79 Å². The van der Waals surface area contributed by atoms with E-state index in [4.69, 9.17) is 4.42 Å². The first-order valence-corrected chi connectivity index (χ1v) is 11.6. The van der Waals surface area contributed by atoms with Gasteiger partial charge in [0, 0.05) is 18.7 Å². The Kier molecular flexibility index (Phi) is 4.72. The molecule has 0 bridgehead atoms. The van der Waals surface area contributed by atoms with Crippen molar-refractivity contribution in [3.63, 3.8) is 0 Å². The number of nitrogens with one attached hydrogen (secondary N) is 1. The van der Waals surface area contributed by atoms with Gasteiger partial charge in [-0.2, -0.15) is 4.98 Å². The summed E-state index contributed by atoms with van der Waals surface area (Å²) < 4.78 is 5.84. The Labute approximate surface area is 193 Å². The molecule has 5 heteroatoms. The molecule has 2 fully saturated rings. The monoisotopic (exact) mass is 437 g/mol. The van der Waals surface area contributed by atoms with Gasteiger partial charge in [0.1, 0.15) is 5.52 Å². The lowest BCUT2D eigenvalue weighted by molar-refractivity contribution is 0.0715. The van der Waals surface area contributed by atoms with Crippen LogP contribution in [-0.2, 0) is 0 Å². The van der Waals surface area contributed by atoms with E-state index in [2.05, 4.69) is 58.5 Å². The molecular formula is C28H27N3O2. The van der Waals surface area contributed by atoms with Crippen LogP contribution in [0.1, 0.15) is 27.9 Å². The van der Waals surface area contributed by atoms with E-state index < -0.39 is 0 Å². The standard InChI is InChI=1S/C28H27N3O2/c1-17-6-5-7-19(12-17)21-11-10-18(2)13-23(21)27(32)31-16-20-14-22(20)25(31)15-29-28-30-24-8-3-4-9-26(24)33-28/h3-13,20,22,25H,14-16H2,1-2H3,(H,29,30). The van der Waals surface area contributed by atoms with Crippen molar-refractivity contribution in [1.82, 2.24) is 9.88 Å². The number of likely N-dealkylation sites (tertiary alicyclic amines) is 1. The number of fused-ring (bicyclic) bond motifs is 2. The number of amides is 1. The second-order valence-corrected chi connectivity index (χ2v) is 9.47. The van der Waals surface area contributed by atoms with Crippen LogP contribution in [0, 0.1) is 25.7 Å². The number of benzene rings is 3. The number of hydrogen-bond donors (Lipinski definition) is 1. The number of hydrogen-bond acceptors (Lipinski definition) is 4. The summed E-state index contributed by atoms with van der Waals surface area (Å²) in [7, 11) is 0. The first-order chi connectivity index (χ1) is 16.1. The number of carbonyl (C=O) groups is 1. The highest BCUT2D eigenvalue weighted by Crippen LogP contribution is 2.50. The molecule has 0 spiro atoms. The number of anilines is 1. The zero-order chi connectivity index (χ0) is 22.5. The highest BCUT2D eigenvalue weighted by atomic mass is 16.4. The number of aryl methyl sites for hydroxylation is 2. The van der Waals surface area contributed by atoms with Gasteiger partial charge in [0.15, 0.2) is 5.58 Å². The van der Waals surface area contributed by atoms with Crippen molar-refractivity contribution >= 4 is 23.0 Å². The zero-order valence-corrected chi connectivity index (χ0v) is 18.9. The van der Waals surface area contributed by atoms with E-state index in [1.165, 1.54) is 12.0 Å². The molecule has 1 aliphatic heterocycles. The van der Waals surface area contributed by atoms with E-state index in [0.717, 1.165) is 39.9 Å². The first-order valence-electron chi connectivity index (χ1n) is 11.6. The van der Waals surface area contributed by atoms with Crippen LogP contribution in [0.4, 0.5) is 6.01 Å². The van der Waals surface area contributed by atoms with Gasteiger partial charge >= 0.3 is 0 Å². The highest BCUT2D eigenvalue weighted by Gasteiger charge is 2.54. The van der Waals surface area contributed by atoms with E-state index >= 15 is 0 Å². The maximum atomic E-state index is 13.9. The Morgan fingerprint density at radius 2 is 1.91 bits per heavy atom. The molecule has 1 saturated carbocycles. The third-order valence-electron chi connectivity index (χ3n) is 7.05. The Hall–Kier alpha value is -3.60. The number of oxazole rings is 1. The van der Waals surface area contributed by atoms with Crippen LogP contribution in [-0.4, -0.2) is 34.9 Å². The summed E-state index contributed by atoms with van der Waals surface area (Å²) in [6.07, 6.45) is 1.20. The van der Waals surface area contributed by atoms with Crippen molar-refractivity contribution in [2.24, 2.45) is 11.8 Å². The largest absolute Gasteiger partial charge is 0.424 e. The van der Waals surface area contributed by atoms with E-state index in [-0.39, 0.29) is 11.9 Å². The van der Waals surface area contributed by atoms with Gasteiger partial charge in [-0.25, -0.2) is 0 Å². The second kappa shape index (κ2) is 7.77. The summed E-state index contributed by atoms with van der Waals surface area (Å²) in [6.45, 7) is 5.60. The predicted octanol–water partition coefficient (Wildman–Crippen LogP) is 5.68. The van der Waals surface area contributed by atoms with E-state index in [1.54, 1.807) is 0 Å². The molecular weight excluding hydrogens is 410 g/mol. The summed E-state index contributed by atoms with van der Waals surface area (Å²) >= 11 is 0. The number of rotatable bonds is 5. The third-order valence-corrected chi connectivity index (χ3v) is 7.05. The lowest BCUT2D eigenvalue weighted by Crippen LogP contribution is -2.42. The number of carbonyl (C=O) groups excluding carboxylic acids is 1. The molecule has 33 heavy (non-hydrogen) atoms. The first kappa shape index (κ1) is 20.0. The SMILES string of the molecule is Cc1cccc(-c2ccc(C)cc2C(=O)N2CC3CC3C2CNc2nc3ccccc3o2)c1. The Morgan fingerprint density at radius 1 is 1.06 bits per heavy atom. The van der Waals surface area contributed by atoms with Gasteiger partial charge in [0.05, 0.1) is 6.04 Å². The van der Waals surface area contributed by atoms with Crippen LogP contribution in [0.2, 0.25) is 0 Å². The Morgan fingerprint density at radius 3 is 2.76 bits per heavy atom. The molecule has 166 valence electrons. The lowest BCUT2D eigenvalue weighted by Gasteiger charge is -2.28. The molecule has 1 saturated heterocycles. The smallest absolute Gasteiger partial charge is 0.295 e. The van der Waals surface area contributed by atoms with Crippen LogP contribution in [0.5, 0.6) is 0 Å². The molecule has 3 atom stereocenters. The van der Waals surface area contributed by atoms with Crippen LogP contribution in [0.25, 0.3) is 22.2 Å². The topological polar surface area (TPSA) is 58.4 Å². The fourth-order valence-corrected chi connectivity index (χ4v) is 5.26. The molecule has 0 radical (unpaired) electrons. The van der Waals surface area contributed by atoms with Crippen molar-refractivity contribution in [3.05, 3.63) is 83.4 Å². The number of nitrogens with zero attached hydrogens (tertiary/aromatic N) is 2. The lowest BCUT2D eigenvalue weighted by atomic mass is 9.95. The fraction of sp³-hybridized carbons (Fsp3) is 0.286. The van der Waals surface area contributed by atoms with Crippen molar-refractivity contribution < 1.29 is 9.21 Å². The third kappa shape index (κ3) is 3.67. The second-order valence-electron chi connectivity index (χ2n) is 9.47. The molecule has 2 aliphatic rings. The molecule has 6 rings (SSSR count). The summed E-state index contributed by atoms with van der Waals surface area (Å²) in [5, 5.41) is 3.36. The molecule has 1 aromatic heterocycles. The maximum absolute atomic E-state index is 13.9. The van der Waals surface area contributed by atoms with Crippen LogP contribution >= 0.6 is 0 Å². The van der Waals surface area contributed by atoms with E-state index in [1.807, 2.05) is 37.3 Å². The summed E-state index contributed by atoms with van der Waals surface area (Å²) in [6, 6.07) is 23.0. The summed E-state index contributed by atoms with van der Waals surface area (Å²) in [5.41, 5.74) is 6.77. The minimum Gasteiger partial charge on any atom is -0.424 e. The Balaban J connectivity index is 1.27. The summed E-state index contributed by atoms with van der Waals surface area (Å²) in [5.74, 6) is 1.28. The summed E-state index contributed by atoms with van der Waals surface area (Å²) in [4.78, 5) is 20.5. The van der Waals surface area contributed by atoms with Crippen LogP contribution in [0.15, 0.2) is 71.1 Å². The quantitative estimate of drug-likeness (QED) is 0.436. The molecule has 5 nitrogen and oxygen atoms in total. The van der Waals surface area contributed by atoms with Gasteiger partial charge in [0.25, 0.3) is 11.9 Å². The van der Waals surface area contributed by atoms with Crippen molar-refractivity contribution in [2.75, 3.05) is 18.4 Å². The molecule has 4 aromatic rings. The molecule has 1 aliphatic carbocycles. The Bertz CT molecular complexity index is 1330. The average Bonchev–Trinajstić information content (AvgIpc) is 3.30. The number of aromatic nitrogens is 1. The van der Waals surface area contributed by atoms with E-state index in [0.29, 0.717) is 24.4 Å². The van der Waals surface area contributed by atoms with Gasteiger partial charge in [0.2, 0.25) is 0 Å². The van der Waals surface area contributed by atoms with Crippen LogP contribution in [0.3, 0.4) is 0 Å². The zero-order valence-electron chi connectivity index (χ0n) is 18.9. The van der Waals surface area contributed by atoms with Crippen molar-refractivity contribution in [3.8, 4) is 11.1 Å². The minimum atomic E-state index is 0.117. The average molecular weight is 438 g/mol. The molecule has 3 aromatic carbocycles.